The Kier molecular flexibility index (Phi) is 49.1. The molecule has 62 heavy (non-hydrogen) atoms. The number of ether oxygens (including phenoxy) is 3. The van der Waals surface area contributed by atoms with Gasteiger partial charge in [0.2, 0.25) is 0 Å². The molecule has 0 aromatic rings. The number of unbranched alkanes of at least 4 members (excludes halogenated alkanes) is 38. The second kappa shape index (κ2) is 50.4. The molecule has 0 N–H and O–H groups in total. The van der Waals surface area contributed by atoms with E-state index in [0.29, 0.717) is 19.3 Å². The summed E-state index contributed by atoms with van der Waals surface area (Å²) in [5, 5.41) is 0. The summed E-state index contributed by atoms with van der Waals surface area (Å²) < 4.78 is 16.8. The van der Waals surface area contributed by atoms with Crippen molar-refractivity contribution in [3.05, 3.63) is 0 Å². The second-order valence-corrected chi connectivity index (χ2v) is 19.7. The SMILES string of the molecule is CCCCCCCCCCCCCCCCCCCCC(=O)O[C@@H](COC(=O)CCCCCCCCC)COC(=O)CCCCCCCCCCCCCCCCCCC(C)C. The van der Waals surface area contributed by atoms with E-state index in [1.54, 1.807) is 0 Å². The van der Waals surface area contributed by atoms with Gasteiger partial charge in [-0.25, -0.2) is 0 Å². The van der Waals surface area contributed by atoms with Gasteiger partial charge in [0.15, 0.2) is 6.10 Å². The molecule has 0 aliphatic carbocycles. The Morgan fingerprint density at radius 1 is 0.306 bits per heavy atom. The van der Waals surface area contributed by atoms with Gasteiger partial charge in [-0.3, -0.25) is 14.4 Å². The molecular formula is C56H108O6. The Hall–Kier alpha value is -1.59. The van der Waals surface area contributed by atoms with Crippen LogP contribution in [0.2, 0.25) is 0 Å². The maximum absolute atomic E-state index is 12.8. The van der Waals surface area contributed by atoms with Crippen LogP contribution in [0.15, 0.2) is 0 Å². The zero-order valence-corrected chi connectivity index (χ0v) is 42.3. The Morgan fingerprint density at radius 3 is 0.790 bits per heavy atom. The lowest BCUT2D eigenvalue weighted by Crippen LogP contribution is -2.30. The molecule has 0 fully saturated rings. The number of rotatable bonds is 51. The Balaban J connectivity index is 4.14. The van der Waals surface area contributed by atoms with Gasteiger partial charge >= 0.3 is 17.9 Å². The van der Waals surface area contributed by atoms with Crippen LogP contribution in [0.5, 0.6) is 0 Å². The van der Waals surface area contributed by atoms with Gasteiger partial charge in [-0.15, -0.1) is 0 Å². The van der Waals surface area contributed by atoms with E-state index in [9.17, 15) is 14.4 Å². The number of hydrogen-bond acceptors (Lipinski definition) is 6. The fraction of sp³-hybridized carbons (Fsp3) is 0.946. The molecule has 0 rings (SSSR count). The van der Waals surface area contributed by atoms with Crippen molar-refractivity contribution in [1.82, 2.24) is 0 Å². The van der Waals surface area contributed by atoms with E-state index in [2.05, 4.69) is 27.7 Å². The molecule has 0 aromatic heterocycles. The van der Waals surface area contributed by atoms with Crippen LogP contribution in [0, 0.1) is 5.92 Å². The highest BCUT2D eigenvalue weighted by Crippen LogP contribution is 2.18. The minimum atomic E-state index is -0.760. The minimum absolute atomic E-state index is 0.0627. The fourth-order valence-corrected chi connectivity index (χ4v) is 8.57. The Labute approximate surface area is 387 Å². The quantitative estimate of drug-likeness (QED) is 0.0344. The lowest BCUT2D eigenvalue weighted by Gasteiger charge is -2.18. The van der Waals surface area contributed by atoms with Crippen LogP contribution in [0.1, 0.15) is 317 Å². The molecular weight excluding hydrogens is 769 g/mol. The van der Waals surface area contributed by atoms with E-state index >= 15 is 0 Å². The molecule has 0 spiro atoms. The molecule has 0 unspecified atom stereocenters. The van der Waals surface area contributed by atoms with E-state index in [4.69, 9.17) is 14.2 Å². The summed E-state index contributed by atoms with van der Waals surface area (Å²) in [5.41, 5.74) is 0. The Bertz CT molecular complexity index is 933. The molecule has 0 aromatic carbocycles. The molecule has 0 aliphatic rings. The highest BCUT2D eigenvalue weighted by Gasteiger charge is 2.19. The van der Waals surface area contributed by atoms with Crippen LogP contribution in [0.25, 0.3) is 0 Å². The van der Waals surface area contributed by atoms with Crippen molar-refractivity contribution in [2.75, 3.05) is 13.2 Å². The van der Waals surface area contributed by atoms with Crippen molar-refractivity contribution in [3.8, 4) is 0 Å². The summed E-state index contributed by atoms with van der Waals surface area (Å²) in [6.07, 6.45) is 54.0. The van der Waals surface area contributed by atoms with Crippen molar-refractivity contribution in [2.45, 2.75) is 323 Å². The summed E-state index contributed by atoms with van der Waals surface area (Å²) in [6, 6.07) is 0. The molecule has 0 bridgehead atoms. The van der Waals surface area contributed by atoms with E-state index in [1.165, 1.54) is 212 Å². The van der Waals surface area contributed by atoms with Crippen LogP contribution >= 0.6 is 0 Å². The smallest absolute Gasteiger partial charge is 0.306 e. The summed E-state index contributed by atoms with van der Waals surface area (Å²) in [7, 11) is 0. The number of hydrogen-bond donors (Lipinski definition) is 0. The summed E-state index contributed by atoms with van der Waals surface area (Å²) >= 11 is 0. The molecule has 0 saturated carbocycles. The first-order chi connectivity index (χ1) is 30.4. The zero-order valence-electron chi connectivity index (χ0n) is 42.3. The zero-order chi connectivity index (χ0) is 45.2. The molecule has 0 aliphatic heterocycles. The highest BCUT2D eigenvalue weighted by atomic mass is 16.6. The van der Waals surface area contributed by atoms with Gasteiger partial charge in [0.25, 0.3) is 0 Å². The Morgan fingerprint density at radius 2 is 0.532 bits per heavy atom. The molecule has 1 atom stereocenters. The maximum atomic E-state index is 12.8. The number of carbonyl (C=O) groups is 3. The van der Waals surface area contributed by atoms with Gasteiger partial charge in [-0.1, -0.05) is 278 Å². The minimum Gasteiger partial charge on any atom is -0.462 e. The predicted octanol–water partition coefficient (Wildman–Crippen LogP) is 18.2. The average Bonchev–Trinajstić information content (AvgIpc) is 3.26. The molecule has 0 amide bonds. The van der Waals surface area contributed by atoms with Crippen LogP contribution < -0.4 is 0 Å². The van der Waals surface area contributed by atoms with Crippen molar-refractivity contribution in [3.63, 3.8) is 0 Å². The first-order valence-electron chi connectivity index (χ1n) is 27.9. The molecule has 368 valence electrons. The topological polar surface area (TPSA) is 78.9 Å². The van der Waals surface area contributed by atoms with E-state index in [0.717, 1.165) is 63.7 Å². The van der Waals surface area contributed by atoms with E-state index in [-0.39, 0.29) is 31.1 Å². The highest BCUT2D eigenvalue weighted by molar-refractivity contribution is 5.71. The lowest BCUT2D eigenvalue weighted by atomic mass is 10.0. The van der Waals surface area contributed by atoms with Crippen molar-refractivity contribution < 1.29 is 28.6 Å². The monoisotopic (exact) mass is 877 g/mol. The molecule has 6 heteroatoms. The summed E-state index contributed by atoms with van der Waals surface area (Å²) in [4.78, 5) is 37.9. The van der Waals surface area contributed by atoms with Gasteiger partial charge in [0.1, 0.15) is 13.2 Å². The fourth-order valence-electron chi connectivity index (χ4n) is 8.57. The first-order valence-corrected chi connectivity index (χ1v) is 27.9. The van der Waals surface area contributed by atoms with Crippen LogP contribution in [-0.4, -0.2) is 37.2 Å². The van der Waals surface area contributed by atoms with Crippen molar-refractivity contribution in [1.29, 1.82) is 0 Å². The first kappa shape index (κ1) is 60.4. The van der Waals surface area contributed by atoms with Gasteiger partial charge < -0.3 is 14.2 Å². The van der Waals surface area contributed by atoms with Crippen molar-refractivity contribution in [2.24, 2.45) is 5.92 Å². The molecule has 6 nitrogen and oxygen atoms in total. The summed E-state index contributed by atoms with van der Waals surface area (Å²) in [6.45, 7) is 9.02. The van der Waals surface area contributed by atoms with Crippen LogP contribution in [0.3, 0.4) is 0 Å². The van der Waals surface area contributed by atoms with E-state index in [1.807, 2.05) is 0 Å². The van der Waals surface area contributed by atoms with Gasteiger partial charge in [-0.05, 0) is 25.2 Å². The third kappa shape index (κ3) is 49.4. The van der Waals surface area contributed by atoms with E-state index < -0.39 is 6.10 Å². The van der Waals surface area contributed by atoms with Crippen LogP contribution in [-0.2, 0) is 28.6 Å². The standard InChI is InChI=1S/C56H108O6/c1-5-7-9-11-13-14-15-16-17-18-19-24-27-30-33-37-41-45-49-56(59)62-53(50-60-54(57)47-43-39-34-12-10-8-6-2)51-61-55(58)48-44-40-36-32-29-26-23-21-20-22-25-28-31-35-38-42-46-52(3)4/h52-53H,5-51H2,1-4H3/t53-/m0/s1. The normalized spacial score (nSPS) is 12.0. The predicted molar refractivity (Wildman–Crippen MR) is 266 cm³/mol. The lowest BCUT2D eigenvalue weighted by molar-refractivity contribution is -0.167. The summed E-state index contributed by atoms with van der Waals surface area (Å²) in [5.74, 6) is 0.00693. The number of esters is 3. The van der Waals surface area contributed by atoms with Crippen molar-refractivity contribution >= 4 is 17.9 Å². The van der Waals surface area contributed by atoms with Gasteiger partial charge in [0, 0.05) is 19.3 Å². The third-order valence-electron chi connectivity index (χ3n) is 12.8. The largest absolute Gasteiger partial charge is 0.462 e. The molecule has 0 heterocycles. The number of carbonyl (C=O) groups excluding carboxylic acids is 3. The van der Waals surface area contributed by atoms with Gasteiger partial charge in [-0.2, -0.15) is 0 Å². The second-order valence-electron chi connectivity index (χ2n) is 19.7. The van der Waals surface area contributed by atoms with Crippen LogP contribution in [0.4, 0.5) is 0 Å². The average molecular weight is 877 g/mol. The third-order valence-corrected chi connectivity index (χ3v) is 12.8. The molecule has 0 radical (unpaired) electrons. The molecule has 0 saturated heterocycles. The van der Waals surface area contributed by atoms with Gasteiger partial charge in [0.05, 0.1) is 0 Å². The maximum Gasteiger partial charge on any atom is 0.306 e.